The Balaban J connectivity index is 5.55. The fourth-order valence-corrected chi connectivity index (χ4v) is 5.06. The van der Waals surface area contributed by atoms with Crippen LogP contribution in [0, 0.1) is 27.6 Å². The van der Waals surface area contributed by atoms with E-state index in [0.717, 1.165) is 0 Å². The van der Waals surface area contributed by atoms with Gasteiger partial charge in [0.05, 0.1) is 46.1 Å². The van der Waals surface area contributed by atoms with Gasteiger partial charge in [0.2, 0.25) is 0 Å². The normalized spacial score (nSPS) is 15.7. The van der Waals surface area contributed by atoms with Crippen LogP contribution in [0.25, 0.3) is 0 Å². The summed E-state index contributed by atoms with van der Waals surface area (Å²) >= 11 is 0. The molecule has 306 valence electrons. The molecule has 52 heavy (non-hydrogen) atoms. The van der Waals surface area contributed by atoms with Crippen molar-refractivity contribution in [3.63, 3.8) is 0 Å². The number of esters is 2. The average molecular weight is 743 g/mol. The highest BCUT2D eigenvalue weighted by Crippen LogP contribution is 2.43. The predicted octanol–water partition coefficient (Wildman–Crippen LogP) is 8.46. The van der Waals surface area contributed by atoms with E-state index in [0.29, 0.717) is 13.0 Å². The molecular formula is C42H78O10. The van der Waals surface area contributed by atoms with E-state index < -0.39 is 73.6 Å². The monoisotopic (exact) mass is 743 g/mol. The molecule has 0 spiro atoms. The molecule has 0 aliphatic heterocycles. The maximum Gasteiger partial charge on any atom is 0.312 e. The van der Waals surface area contributed by atoms with E-state index in [4.69, 9.17) is 23.7 Å². The van der Waals surface area contributed by atoms with Gasteiger partial charge in [-0.05, 0) is 103 Å². The van der Waals surface area contributed by atoms with Gasteiger partial charge < -0.3 is 28.8 Å². The molecule has 2 atom stereocenters. The van der Waals surface area contributed by atoms with Gasteiger partial charge in [0, 0.05) is 17.4 Å². The number of hydrogen-bond donors (Lipinski definition) is 1. The Labute approximate surface area is 317 Å². The molecule has 0 aliphatic rings. The van der Waals surface area contributed by atoms with Crippen molar-refractivity contribution in [1.82, 2.24) is 0 Å². The van der Waals surface area contributed by atoms with Gasteiger partial charge in [-0.15, -0.1) is 0 Å². The molecule has 1 N–H and O–H groups in total. The zero-order valence-corrected chi connectivity index (χ0v) is 37.2. The minimum atomic E-state index is -1.25. The molecule has 0 amide bonds. The van der Waals surface area contributed by atoms with Crippen LogP contribution in [0.3, 0.4) is 0 Å². The lowest BCUT2D eigenvalue weighted by Gasteiger charge is -2.45. The molecule has 0 aromatic rings. The maximum atomic E-state index is 13.7. The van der Waals surface area contributed by atoms with Crippen LogP contribution >= 0.6 is 0 Å². The van der Waals surface area contributed by atoms with E-state index in [1.54, 1.807) is 41.5 Å². The molecule has 10 nitrogen and oxygen atoms in total. The van der Waals surface area contributed by atoms with E-state index in [9.17, 15) is 24.3 Å². The van der Waals surface area contributed by atoms with Gasteiger partial charge >= 0.3 is 11.9 Å². The summed E-state index contributed by atoms with van der Waals surface area (Å²) in [6.07, 6.45) is -0.182. The van der Waals surface area contributed by atoms with Crippen molar-refractivity contribution < 1.29 is 48.0 Å². The van der Waals surface area contributed by atoms with E-state index in [1.165, 1.54) is 0 Å². The van der Waals surface area contributed by atoms with Gasteiger partial charge in [-0.2, -0.15) is 0 Å². The molecule has 0 rings (SSSR count). The highest BCUT2D eigenvalue weighted by atomic mass is 16.6. The lowest BCUT2D eigenvalue weighted by atomic mass is 9.71. The second-order valence-corrected chi connectivity index (χ2v) is 20.0. The Hall–Kier alpha value is -1.88. The van der Waals surface area contributed by atoms with Crippen molar-refractivity contribution in [2.75, 3.05) is 13.2 Å². The van der Waals surface area contributed by atoms with Crippen LogP contribution in [0.5, 0.6) is 0 Å². The molecule has 2 unspecified atom stereocenters. The van der Waals surface area contributed by atoms with Crippen molar-refractivity contribution in [2.45, 2.75) is 205 Å². The zero-order valence-electron chi connectivity index (χ0n) is 37.2. The Kier molecular flexibility index (Phi) is 16.3. The Morgan fingerprint density at radius 3 is 1.46 bits per heavy atom. The molecule has 0 fully saturated rings. The summed E-state index contributed by atoms with van der Waals surface area (Å²) in [5.41, 5.74) is -8.17. The fraction of sp³-hybridized carbons (Fsp3) is 0.905. The van der Waals surface area contributed by atoms with Crippen LogP contribution in [0.2, 0.25) is 0 Å². The van der Waals surface area contributed by atoms with Crippen LogP contribution in [0.15, 0.2) is 0 Å². The highest BCUT2D eigenvalue weighted by molar-refractivity contribution is 5.89. The van der Waals surface area contributed by atoms with Gasteiger partial charge in [0.25, 0.3) is 0 Å². The van der Waals surface area contributed by atoms with Crippen LogP contribution in [-0.2, 0) is 42.9 Å². The Morgan fingerprint density at radius 2 is 1.02 bits per heavy atom. The van der Waals surface area contributed by atoms with E-state index in [-0.39, 0.29) is 30.7 Å². The Bertz CT molecular complexity index is 1240. The summed E-state index contributed by atoms with van der Waals surface area (Å²) in [4.78, 5) is 53.2. The molecule has 0 bridgehead atoms. The summed E-state index contributed by atoms with van der Waals surface area (Å²) in [5.74, 6) is -1.96. The maximum absolute atomic E-state index is 13.7. The summed E-state index contributed by atoms with van der Waals surface area (Å²) in [7, 11) is 0. The minimum absolute atomic E-state index is 0.00150. The van der Waals surface area contributed by atoms with Gasteiger partial charge in [-0.1, -0.05) is 55.4 Å². The number of Topliss-reactive ketones (excluding diaryl/α,β-unsaturated/α-hetero) is 2. The summed E-state index contributed by atoms with van der Waals surface area (Å²) < 4.78 is 30.3. The first-order valence-electron chi connectivity index (χ1n) is 18.9. The third kappa shape index (κ3) is 12.3. The lowest BCUT2D eigenvalue weighted by molar-refractivity contribution is -0.190. The fourth-order valence-electron chi connectivity index (χ4n) is 5.06. The van der Waals surface area contributed by atoms with Gasteiger partial charge in [0.1, 0.15) is 23.9 Å². The van der Waals surface area contributed by atoms with Crippen molar-refractivity contribution >= 4 is 23.5 Å². The molecule has 0 radical (unpaired) electrons. The third-order valence-corrected chi connectivity index (χ3v) is 12.9. The van der Waals surface area contributed by atoms with Gasteiger partial charge in [-0.3, -0.25) is 19.2 Å². The second-order valence-electron chi connectivity index (χ2n) is 20.0. The first-order valence-corrected chi connectivity index (χ1v) is 18.9. The number of carbonyl (C=O) groups is 4. The molecular weight excluding hydrogens is 664 g/mol. The quantitative estimate of drug-likeness (QED) is 0.108. The number of aliphatic hydroxyl groups is 1. The van der Waals surface area contributed by atoms with Crippen molar-refractivity contribution in [3.05, 3.63) is 0 Å². The number of ether oxygens (including phenoxy) is 5. The largest absolute Gasteiger partial charge is 0.459 e. The van der Waals surface area contributed by atoms with Crippen molar-refractivity contribution in [3.8, 4) is 0 Å². The van der Waals surface area contributed by atoms with Crippen LogP contribution in [0.4, 0.5) is 0 Å². The van der Waals surface area contributed by atoms with Crippen LogP contribution < -0.4 is 0 Å². The third-order valence-electron chi connectivity index (χ3n) is 12.9. The first kappa shape index (κ1) is 50.1. The van der Waals surface area contributed by atoms with Gasteiger partial charge in [0.15, 0.2) is 11.6 Å². The topological polar surface area (TPSA) is 135 Å². The minimum Gasteiger partial charge on any atom is -0.459 e. The van der Waals surface area contributed by atoms with Crippen molar-refractivity contribution in [2.24, 2.45) is 27.6 Å². The van der Waals surface area contributed by atoms with E-state index >= 15 is 0 Å². The molecule has 0 aliphatic carbocycles. The van der Waals surface area contributed by atoms with E-state index in [2.05, 4.69) is 0 Å². The number of rotatable bonds is 22. The number of carbonyl (C=O) groups excluding carboxylic acids is 4. The van der Waals surface area contributed by atoms with Crippen molar-refractivity contribution in [1.29, 1.82) is 0 Å². The summed E-state index contributed by atoms with van der Waals surface area (Å²) in [6, 6.07) is 0. The highest BCUT2D eigenvalue weighted by Gasteiger charge is 2.50. The molecule has 0 aromatic heterocycles. The molecule has 0 heterocycles. The predicted molar refractivity (Wildman–Crippen MR) is 206 cm³/mol. The smallest absolute Gasteiger partial charge is 0.312 e. The van der Waals surface area contributed by atoms with Crippen LogP contribution in [-0.4, -0.2) is 82.0 Å². The zero-order chi connectivity index (χ0) is 41.9. The molecule has 0 aromatic carbocycles. The second kappa shape index (κ2) is 16.9. The number of ketones is 2. The first-order chi connectivity index (χ1) is 22.7. The molecule has 10 heteroatoms. The molecule has 0 saturated heterocycles. The van der Waals surface area contributed by atoms with Gasteiger partial charge in [-0.25, -0.2) is 0 Å². The Morgan fingerprint density at radius 1 is 0.577 bits per heavy atom. The standard InChI is InChI=1S/C42H78O10/c1-27(2)50-29(4)32(45)37(11,12)42(21,22)49-26-30(43)36(9,10)41(19,20)48-24-23-34(5,6)39(15,16)51-31(44)25-35(7,8)40(17,18)52-33(46)28(3)38(13,14)47/h27-29,47H,23-26H2,1-22H3. The lowest BCUT2D eigenvalue weighted by Crippen LogP contribution is -2.53. The molecule has 0 saturated carbocycles. The summed E-state index contributed by atoms with van der Waals surface area (Å²) in [6.45, 7) is 40.0. The summed E-state index contributed by atoms with van der Waals surface area (Å²) in [5, 5.41) is 10.3. The van der Waals surface area contributed by atoms with Crippen LogP contribution in [0.1, 0.15) is 165 Å². The van der Waals surface area contributed by atoms with E-state index in [1.807, 2.05) is 111 Å². The average Bonchev–Trinajstić information content (AvgIpc) is 2.92. The SMILES string of the molecule is CC(C)OC(C)C(=O)C(C)(C)C(C)(C)OCC(=O)C(C)(C)C(C)(C)OCCC(C)(C)C(C)(C)OC(=O)CC(C)(C)C(C)(C)OC(=O)C(C)C(C)(C)O. The number of hydrogen-bond acceptors (Lipinski definition) is 10.